The predicted molar refractivity (Wildman–Crippen MR) is 399 cm³/mol. The third-order valence-electron chi connectivity index (χ3n) is 15.6. The van der Waals surface area contributed by atoms with E-state index >= 15 is 0 Å². The highest BCUT2D eigenvalue weighted by atomic mass is 31.2. The molecule has 0 aromatic rings. The Morgan fingerprint density at radius 1 is 0.299 bits per heavy atom. The first kappa shape index (κ1) is 93.0. The van der Waals surface area contributed by atoms with Crippen LogP contribution in [0.25, 0.3) is 0 Å². The van der Waals surface area contributed by atoms with Crippen LogP contribution in [0, 0.1) is 0 Å². The van der Waals surface area contributed by atoms with Gasteiger partial charge in [0.25, 0.3) is 0 Å². The number of unbranched alkanes of at least 4 members (excludes halogenated alkanes) is 28. The van der Waals surface area contributed by atoms with Gasteiger partial charge in [0, 0.05) is 19.3 Å². The molecule has 0 spiro atoms. The molecule has 0 aliphatic heterocycles. The fourth-order valence-electron chi connectivity index (χ4n) is 9.94. The smallest absolute Gasteiger partial charge is 0.463 e. The summed E-state index contributed by atoms with van der Waals surface area (Å²) in [6.45, 7) is 2.37. The van der Waals surface area contributed by atoms with E-state index in [1.165, 1.54) is 77.0 Å². The Morgan fingerprint density at radius 3 is 0.866 bits per heavy atom. The number of phosphoric acid groups is 2. The van der Waals surface area contributed by atoms with Gasteiger partial charge in [0.15, 0.2) is 6.10 Å². The van der Waals surface area contributed by atoms with Crippen molar-refractivity contribution in [1.29, 1.82) is 0 Å². The molecule has 5 atom stereocenters. The van der Waals surface area contributed by atoms with E-state index < -0.39 is 91.5 Å². The standard InChI is InChI=1S/C79H136O16P2/c1-4-7-10-13-16-19-22-25-27-29-30-31-32-33-34-35-36-37-38-39-40-41-42-44-46-48-50-53-56-59-62-65-77(82)89-68-74(80)69-91-96(85,86)92-70-75(81)71-93-97(87,88)94-73-76(95-79(84)67-64-61-58-55-52-47-24-21-18-15-12-9-6-3)72-90-78(83)66-63-60-57-54-51-49-45-43-28-26-23-20-17-14-11-8-5-2/h7-8,10-12,15-17,19-21,24-28,30-31,33-34,74-76,80-81H,4-6,9,13-14,18,22-23,29,32,35-73H2,1-3H3,(H,85,86)(H,87,88)/b10-7-,11-8-,15-12-,19-16-,20-17-,24-21-,27-25-,28-26-,31-30-,34-33-. The summed E-state index contributed by atoms with van der Waals surface area (Å²) < 4.78 is 61.0. The average Bonchev–Trinajstić information content (AvgIpc) is 1.62. The number of allylic oxidation sites excluding steroid dienone is 20. The van der Waals surface area contributed by atoms with Gasteiger partial charge in [0.1, 0.15) is 25.4 Å². The van der Waals surface area contributed by atoms with Crippen LogP contribution in [0.5, 0.6) is 0 Å². The van der Waals surface area contributed by atoms with Gasteiger partial charge in [-0.2, -0.15) is 0 Å². The highest BCUT2D eigenvalue weighted by Gasteiger charge is 2.29. The van der Waals surface area contributed by atoms with Crippen molar-refractivity contribution < 1.29 is 75.8 Å². The summed E-state index contributed by atoms with van der Waals surface area (Å²) in [5.74, 6) is -1.60. The summed E-state index contributed by atoms with van der Waals surface area (Å²) in [5.41, 5.74) is 0. The molecule has 18 heteroatoms. The molecule has 97 heavy (non-hydrogen) atoms. The molecular formula is C79H136O16P2. The van der Waals surface area contributed by atoms with Crippen molar-refractivity contribution >= 4 is 33.6 Å². The summed E-state index contributed by atoms with van der Waals surface area (Å²) in [6, 6.07) is 0. The summed E-state index contributed by atoms with van der Waals surface area (Å²) in [7, 11) is -9.79. The molecule has 0 aliphatic rings. The monoisotopic (exact) mass is 1400 g/mol. The van der Waals surface area contributed by atoms with Crippen LogP contribution in [0.3, 0.4) is 0 Å². The molecule has 4 N–H and O–H groups in total. The van der Waals surface area contributed by atoms with Gasteiger partial charge in [0.05, 0.1) is 26.4 Å². The molecule has 0 aliphatic carbocycles. The van der Waals surface area contributed by atoms with Crippen LogP contribution in [0.1, 0.15) is 303 Å². The molecule has 5 unspecified atom stereocenters. The molecule has 0 saturated heterocycles. The Kier molecular flexibility index (Phi) is 68.8. The lowest BCUT2D eigenvalue weighted by atomic mass is 10.0. The second-order valence-electron chi connectivity index (χ2n) is 25.0. The molecule has 0 rings (SSSR count). The van der Waals surface area contributed by atoms with E-state index in [1.54, 1.807) is 0 Å². The van der Waals surface area contributed by atoms with Gasteiger partial charge in [-0.1, -0.05) is 284 Å². The quantitative estimate of drug-likeness (QED) is 0.0146. The number of esters is 3. The maximum atomic E-state index is 12.9. The topological polar surface area (TPSA) is 231 Å². The van der Waals surface area contributed by atoms with Gasteiger partial charge in [0.2, 0.25) is 0 Å². The SMILES string of the molecule is CC/C=C\C/C=C\C/C=C\C/C=C\C/C=C\CCCCCCCCCCCCCCCCCC(=O)OCC(O)COP(=O)(O)OCC(O)COP(=O)(O)OCC(COC(=O)CCCCCCCCC/C=C\C/C=C\C/C=C\CC)OC(=O)CCCCCCC/C=C\C/C=C\CCC. The molecule has 558 valence electrons. The van der Waals surface area contributed by atoms with Crippen molar-refractivity contribution in [2.75, 3.05) is 39.6 Å². The van der Waals surface area contributed by atoms with Crippen LogP contribution in [0.15, 0.2) is 122 Å². The zero-order chi connectivity index (χ0) is 70.9. The number of carbonyl (C=O) groups excluding carboxylic acids is 3. The molecule has 0 heterocycles. The minimum atomic E-state index is -4.93. The van der Waals surface area contributed by atoms with E-state index in [4.69, 9.17) is 32.3 Å². The Labute approximate surface area is 589 Å². The van der Waals surface area contributed by atoms with Crippen LogP contribution in [0.4, 0.5) is 0 Å². The zero-order valence-electron chi connectivity index (χ0n) is 60.7. The van der Waals surface area contributed by atoms with Crippen LogP contribution in [0.2, 0.25) is 0 Å². The van der Waals surface area contributed by atoms with E-state index in [1.807, 2.05) is 0 Å². The van der Waals surface area contributed by atoms with E-state index in [0.29, 0.717) is 19.3 Å². The Bertz CT molecular complexity index is 2250. The van der Waals surface area contributed by atoms with Crippen molar-refractivity contribution in [2.45, 2.75) is 322 Å². The van der Waals surface area contributed by atoms with Gasteiger partial charge >= 0.3 is 33.6 Å². The number of ether oxygens (including phenoxy) is 3. The fourth-order valence-corrected chi connectivity index (χ4v) is 11.5. The second kappa shape index (κ2) is 71.8. The normalized spacial score (nSPS) is 14.8. The second-order valence-corrected chi connectivity index (χ2v) is 27.9. The van der Waals surface area contributed by atoms with Gasteiger partial charge in [-0.05, 0) is 122 Å². The Hall–Kier alpha value is -4.05. The maximum Gasteiger partial charge on any atom is 0.472 e. The first-order chi connectivity index (χ1) is 47.2. The first-order valence-corrected chi connectivity index (χ1v) is 40.8. The molecule has 16 nitrogen and oxygen atoms in total. The number of phosphoric ester groups is 2. The number of carbonyl (C=O) groups is 3. The van der Waals surface area contributed by atoms with E-state index in [0.717, 1.165) is 167 Å². The Balaban J connectivity index is 4.42. The van der Waals surface area contributed by atoms with Gasteiger partial charge in [-0.15, -0.1) is 0 Å². The minimum Gasteiger partial charge on any atom is -0.463 e. The van der Waals surface area contributed by atoms with Crippen molar-refractivity contribution in [2.24, 2.45) is 0 Å². The van der Waals surface area contributed by atoms with Crippen LogP contribution < -0.4 is 0 Å². The third kappa shape index (κ3) is 73.0. The summed E-state index contributed by atoms with van der Waals surface area (Å²) >= 11 is 0. The lowest BCUT2D eigenvalue weighted by Gasteiger charge is -2.21. The molecule has 0 aromatic carbocycles. The van der Waals surface area contributed by atoms with Crippen molar-refractivity contribution in [3.8, 4) is 0 Å². The summed E-state index contributed by atoms with van der Waals surface area (Å²) in [6.07, 6.45) is 84.1. The molecule has 0 radical (unpaired) electrons. The van der Waals surface area contributed by atoms with Gasteiger partial charge < -0.3 is 34.2 Å². The number of aliphatic hydroxyl groups excluding tert-OH is 2. The number of hydrogen-bond donors (Lipinski definition) is 4. The molecule has 0 aromatic heterocycles. The van der Waals surface area contributed by atoms with Crippen molar-refractivity contribution in [3.05, 3.63) is 122 Å². The third-order valence-corrected chi connectivity index (χ3v) is 17.5. The van der Waals surface area contributed by atoms with Crippen molar-refractivity contribution in [1.82, 2.24) is 0 Å². The van der Waals surface area contributed by atoms with Crippen molar-refractivity contribution in [3.63, 3.8) is 0 Å². The van der Waals surface area contributed by atoms with E-state index in [9.17, 15) is 43.5 Å². The fraction of sp³-hybridized carbons (Fsp3) is 0.709. The Morgan fingerprint density at radius 2 is 0.546 bits per heavy atom. The first-order valence-electron chi connectivity index (χ1n) is 37.8. The number of aliphatic hydroxyl groups is 2. The molecule has 0 bridgehead atoms. The maximum absolute atomic E-state index is 12.9. The van der Waals surface area contributed by atoms with Crippen LogP contribution in [-0.4, -0.2) is 95.9 Å². The summed E-state index contributed by atoms with van der Waals surface area (Å²) in [4.78, 5) is 58.5. The lowest BCUT2D eigenvalue weighted by Crippen LogP contribution is -2.30. The predicted octanol–water partition coefficient (Wildman–Crippen LogP) is 21.8. The van der Waals surface area contributed by atoms with Gasteiger partial charge in [-0.25, -0.2) is 9.13 Å². The van der Waals surface area contributed by atoms with Gasteiger partial charge in [-0.3, -0.25) is 32.5 Å². The minimum absolute atomic E-state index is 0.0849. The summed E-state index contributed by atoms with van der Waals surface area (Å²) in [5, 5.41) is 20.6. The van der Waals surface area contributed by atoms with E-state index in [2.05, 4.69) is 142 Å². The van der Waals surface area contributed by atoms with E-state index in [-0.39, 0.29) is 19.3 Å². The van der Waals surface area contributed by atoms with Crippen LogP contribution in [-0.2, 0) is 55.8 Å². The lowest BCUT2D eigenvalue weighted by molar-refractivity contribution is -0.161. The molecular weight excluding hydrogens is 1270 g/mol. The highest BCUT2D eigenvalue weighted by molar-refractivity contribution is 7.47. The number of rotatable bonds is 71. The highest BCUT2D eigenvalue weighted by Crippen LogP contribution is 2.45. The molecule has 0 saturated carbocycles. The molecule has 0 fully saturated rings. The largest absolute Gasteiger partial charge is 0.472 e. The van der Waals surface area contributed by atoms with Crippen LogP contribution >= 0.6 is 15.6 Å². The number of hydrogen-bond acceptors (Lipinski definition) is 14. The average molecular weight is 1400 g/mol. The molecule has 0 amide bonds. The zero-order valence-corrected chi connectivity index (χ0v) is 62.5.